The molecule has 1 aromatic rings. The number of carbonyl (C=O) groups is 2. The average Bonchev–Trinajstić information content (AvgIpc) is 2.83. The fraction of sp³-hybridized carbons (Fsp3) is 0.583. The highest BCUT2D eigenvalue weighted by molar-refractivity contribution is 7.07. The molecule has 0 aliphatic heterocycles. The molecule has 1 heterocycles. The fourth-order valence-corrected chi connectivity index (χ4v) is 2.97. The Morgan fingerprint density at radius 3 is 2.60 bits per heavy atom. The van der Waals surface area contributed by atoms with E-state index < -0.39 is 17.5 Å². The largest absolute Gasteiger partial charge is 0.480 e. The molecular weight excluding hydrogens is 282 g/mol. The maximum atomic E-state index is 11.8. The van der Waals surface area contributed by atoms with E-state index in [4.69, 9.17) is 0 Å². The average molecular weight is 299 g/mol. The van der Waals surface area contributed by atoms with E-state index in [0.717, 1.165) is 30.6 Å². The number of carboxylic acid groups (broad SMARTS) is 1. The number of aliphatic carboxylic acids is 1. The standard InChI is InChI=1S/C12H17N3O4S/c16-9(17)12(4-2-1-3-5-12)15-10(18)13-6-8-7-20-11(19)14-8/h7H,1-6H2,(H,14,19)(H,16,17)(H2,13,15,18). The Balaban J connectivity index is 1.91. The Morgan fingerprint density at radius 2 is 2.05 bits per heavy atom. The van der Waals surface area contributed by atoms with Gasteiger partial charge in [-0.15, -0.1) is 0 Å². The summed E-state index contributed by atoms with van der Waals surface area (Å²) in [7, 11) is 0. The molecule has 0 unspecified atom stereocenters. The van der Waals surface area contributed by atoms with Crippen molar-refractivity contribution >= 4 is 23.3 Å². The number of amides is 2. The number of nitrogens with one attached hydrogen (secondary N) is 3. The lowest BCUT2D eigenvalue weighted by molar-refractivity contribution is -0.145. The van der Waals surface area contributed by atoms with Crippen molar-refractivity contribution in [3.05, 3.63) is 20.7 Å². The molecule has 2 rings (SSSR count). The second-order valence-electron chi connectivity index (χ2n) is 4.93. The maximum Gasteiger partial charge on any atom is 0.329 e. The predicted molar refractivity (Wildman–Crippen MR) is 73.8 cm³/mol. The van der Waals surface area contributed by atoms with Gasteiger partial charge >= 0.3 is 16.9 Å². The second kappa shape index (κ2) is 6.08. The van der Waals surface area contributed by atoms with Gasteiger partial charge < -0.3 is 20.7 Å². The Morgan fingerprint density at radius 1 is 1.35 bits per heavy atom. The highest BCUT2D eigenvalue weighted by Gasteiger charge is 2.40. The molecule has 1 aromatic heterocycles. The molecule has 8 heteroatoms. The van der Waals surface area contributed by atoms with E-state index in [-0.39, 0.29) is 11.4 Å². The van der Waals surface area contributed by atoms with E-state index in [1.165, 1.54) is 0 Å². The molecule has 4 N–H and O–H groups in total. The summed E-state index contributed by atoms with van der Waals surface area (Å²) in [6.07, 6.45) is 3.49. The first-order valence-corrected chi connectivity index (χ1v) is 7.36. The van der Waals surface area contributed by atoms with Crippen molar-refractivity contribution in [2.24, 2.45) is 0 Å². The van der Waals surface area contributed by atoms with Crippen LogP contribution in [0.4, 0.5) is 4.79 Å². The Labute approximate surface area is 119 Å². The zero-order valence-electron chi connectivity index (χ0n) is 10.9. The van der Waals surface area contributed by atoms with Crippen molar-refractivity contribution < 1.29 is 14.7 Å². The molecule has 0 spiro atoms. The van der Waals surface area contributed by atoms with Crippen LogP contribution >= 0.6 is 11.3 Å². The van der Waals surface area contributed by atoms with E-state index in [1.807, 2.05) is 0 Å². The van der Waals surface area contributed by atoms with Crippen LogP contribution in [-0.2, 0) is 11.3 Å². The van der Waals surface area contributed by atoms with Crippen LogP contribution in [0.25, 0.3) is 0 Å². The van der Waals surface area contributed by atoms with Gasteiger partial charge in [-0.2, -0.15) is 0 Å². The third kappa shape index (κ3) is 3.38. The van der Waals surface area contributed by atoms with Crippen LogP contribution in [-0.4, -0.2) is 27.6 Å². The number of carbonyl (C=O) groups excluding carboxylic acids is 1. The van der Waals surface area contributed by atoms with E-state index in [1.54, 1.807) is 5.38 Å². The van der Waals surface area contributed by atoms with Gasteiger partial charge in [-0.05, 0) is 12.8 Å². The normalized spacial score (nSPS) is 17.4. The lowest BCUT2D eigenvalue weighted by Crippen LogP contribution is -2.57. The molecule has 7 nitrogen and oxygen atoms in total. The van der Waals surface area contributed by atoms with Gasteiger partial charge in [0.25, 0.3) is 0 Å². The van der Waals surface area contributed by atoms with Crippen molar-refractivity contribution in [1.29, 1.82) is 0 Å². The predicted octanol–water partition coefficient (Wildman–Crippen LogP) is 1.02. The van der Waals surface area contributed by atoms with Crippen LogP contribution in [0.5, 0.6) is 0 Å². The first kappa shape index (κ1) is 14.6. The van der Waals surface area contributed by atoms with E-state index in [9.17, 15) is 19.5 Å². The zero-order chi connectivity index (χ0) is 14.6. The van der Waals surface area contributed by atoms with Gasteiger partial charge in [-0.25, -0.2) is 9.59 Å². The van der Waals surface area contributed by atoms with Crippen molar-refractivity contribution in [3.63, 3.8) is 0 Å². The number of thiazole rings is 1. The fourth-order valence-electron chi connectivity index (χ4n) is 2.39. The molecule has 0 bridgehead atoms. The zero-order valence-corrected chi connectivity index (χ0v) is 11.7. The third-order valence-electron chi connectivity index (χ3n) is 3.48. The molecule has 0 radical (unpaired) electrons. The molecule has 2 amide bonds. The van der Waals surface area contributed by atoms with Crippen LogP contribution in [0, 0.1) is 0 Å². The summed E-state index contributed by atoms with van der Waals surface area (Å²) >= 11 is 1.02. The molecule has 1 aliphatic carbocycles. The summed E-state index contributed by atoms with van der Waals surface area (Å²) in [4.78, 5) is 36.6. The van der Waals surface area contributed by atoms with E-state index in [0.29, 0.717) is 18.5 Å². The SMILES string of the molecule is O=C(NCc1csc(=O)[nH]1)NC1(C(=O)O)CCCCC1. The highest BCUT2D eigenvalue weighted by Crippen LogP contribution is 2.28. The van der Waals surface area contributed by atoms with Crippen molar-refractivity contribution in [2.45, 2.75) is 44.2 Å². The van der Waals surface area contributed by atoms with E-state index >= 15 is 0 Å². The molecule has 0 atom stereocenters. The topological polar surface area (TPSA) is 111 Å². The number of carboxylic acids is 1. The number of urea groups is 1. The molecule has 1 fully saturated rings. The summed E-state index contributed by atoms with van der Waals surface area (Å²) < 4.78 is 0. The summed E-state index contributed by atoms with van der Waals surface area (Å²) in [5, 5.41) is 16.1. The summed E-state index contributed by atoms with van der Waals surface area (Å²) in [6, 6.07) is -0.527. The molecule has 20 heavy (non-hydrogen) atoms. The number of aromatic nitrogens is 1. The number of hydrogen-bond acceptors (Lipinski definition) is 4. The van der Waals surface area contributed by atoms with Crippen LogP contribution in [0.15, 0.2) is 10.2 Å². The molecule has 0 aromatic carbocycles. The van der Waals surface area contributed by atoms with Gasteiger partial charge in [0.1, 0.15) is 5.54 Å². The Bertz CT molecular complexity index is 545. The molecule has 1 saturated carbocycles. The number of hydrogen-bond donors (Lipinski definition) is 4. The smallest absolute Gasteiger partial charge is 0.329 e. The van der Waals surface area contributed by atoms with Crippen molar-refractivity contribution in [1.82, 2.24) is 15.6 Å². The minimum Gasteiger partial charge on any atom is -0.480 e. The van der Waals surface area contributed by atoms with E-state index in [2.05, 4.69) is 15.6 Å². The second-order valence-corrected chi connectivity index (χ2v) is 5.77. The minimum absolute atomic E-state index is 0.167. The molecular formula is C12H17N3O4S. The molecule has 0 saturated heterocycles. The highest BCUT2D eigenvalue weighted by atomic mass is 32.1. The summed E-state index contributed by atoms with van der Waals surface area (Å²) in [5.74, 6) is -0.990. The Hall–Kier alpha value is -1.83. The van der Waals surface area contributed by atoms with Gasteiger partial charge in [0.05, 0.1) is 6.54 Å². The Kier molecular flexibility index (Phi) is 4.43. The van der Waals surface area contributed by atoms with Gasteiger partial charge in [-0.3, -0.25) is 4.79 Å². The quantitative estimate of drug-likeness (QED) is 0.665. The van der Waals surface area contributed by atoms with Gasteiger partial charge in [0.2, 0.25) is 0 Å². The molecule has 110 valence electrons. The van der Waals surface area contributed by atoms with Crippen LogP contribution in [0.1, 0.15) is 37.8 Å². The van der Waals surface area contributed by atoms with Gasteiger partial charge in [0.15, 0.2) is 0 Å². The van der Waals surface area contributed by atoms with Crippen molar-refractivity contribution in [2.75, 3.05) is 0 Å². The van der Waals surface area contributed by atoms with Gasteiger partial charge in [0, 0.05) is 11.1 Å². The minimum atomic E-state index is -1.16. The number of aromatic amines is 1. The first-order valence-electron chi connectivity index (χ1n) is 6.48. The number of H-pyrrole nitrogens is 1. The monoisotopic (exact) mass is 299 g/mol. The number of rotatable bonds is 4. The van der Waals surface area contributed by atoms with Crippen LogP contribution in [0.3, 0.4) is 0 Å². The van der Waals surface area contributed by atoms with Gasteiger partial charge in [-0.1, -0.05) is 30.6 Å². The lowest BCUT2D eigenvalue weighted by Gasteiger charge is -2.33. The first-order chi connectivity index (χ1) is 9.52. The summed E-state index contributed by atoms with van der Waals surface area (Å²) in [6.45, 7) is 0.167. The maximum absolute atomic E-state index is 11.8. The van der Waals surface area contributed by atoms with Crippen LogP contribution in [0.2, 0.25) is 0 Å². The lowest BCUT2D eigenvalue weighted by atomic mass is 9.82. The van der Waals surface area contributed by atoms with Crippen molar-refractivity contribution in [3.8, 4) is 0 Å². The van der Waals surface area contributed by atoms with Crippen LogP contribution < -0.4 is 15.5 Å². The third-order valence-corrected chi connectivity index (χ3v) is 4.20. The summed E-state index contributed by atoms with van der Waals surface area (Å²) in [5.41, 5.74) is -0.562. The molecule has 1 aliphatic rings.